The van der Waals surface area contributed by atoms with Gasteiger partial charge in [-0.15, -0.1) is 0 Å². The Balaban J connectivity index is 1.86. The Hall–Kier alpha value is -0.740. The highest BCUT2D eigenvalue weighted by Gasteiger charge is 2.26. The third-order valence-corrected chi connectivity index (χ3v) is 4.70. The van der Waals surface area contributed by atoms with Gasteiger partial charge in [-0.25, -0.2) is 0 Å². The number of nitrogens with two attached hydrogens (primary N) is 1. The minimum absolute atomic E-state index is 0.0918. The zero-order valence-corrected chi connectivity index (χ0v) is 11.9. The molecule has 1 aromatic rings. The monoisotopic (exact) mass is 311 g/mol. The van der Waals surface area contributed by atoms with Crippen molar-refractivity contribution in [2.75, 3.05) is 6.79 Å². The van der Waals surface area contributed by atoms with E-state index in [1.54, 1.807) is 0 Å². The molecule has 0 saturated heterocycles. The van der Waals surface area contributed by atoms with Gasteiger partial charge in [0.25, 0.3) is 0 Å². The van der Waals surface area contributed by atoms with E-state index in [-0.39, 0.29) is 6.04 Å². The molecule has 1 aliphatic heterocycles. The summed E-state index contributed by atoms with van der Waals surface area (Å²) in [6.07, 6.45) is 6.44. The van der Waals surface area contributed by atoms with Crippen LogP contribution >= 0.6 is 15.9 Å². The fourth-order valence-electron chi connectivity index (χ4n) is 2.94. The van der Waals surface area contributed by atoms with E-state index in [4.69, 9.17) is 15.2 Å². The second-order valence-corrected chi connectivity index (χ2v) is 6.01. The summed E-state index contributed by atoms with van der Waals surface area (Å²) in [5.74, 6) is 2.22. The molecule has 2 N–H and O–H groups in total. The quantitative estimate of drug-likeness (QED) is 0.904. The Kier molecular flexibility index (Phi) is 3.48. The molecule has 1 aromatic carbocycles. The maximum atomic E-state index is 6.44. The maximum absolute atomic E-state index is 6.44. The average molecular weight is 312 g/mol. The minimum Gasteiger partial charge on any atom is -0.454 e. The molecule has 0 bridgehead atoms. The highest BCUT2D eigenvalue weighted by Crippen LogP contribution is 2.42. The molecule has 1 aliphatic carbocycles. The summed E-state index contributed by atoms with van der Waals surface area (Å²) in [7, 11) is 0. The molecule has 1 atom stereocenters. The molecular weight excluding hydrogens is 294 g/mol. The van der Waals surface area contributed by atoms with Crippen molar-refractivity contribution < 1.29 is 9.47 Å². The summed E-state index contributed by atoms with van der Waals surface area (Å²) in [4.78, 5) is 0. The van der Waals surface area contributed by atoms with E-state index in [9.17, 15) is 0 Å². The predicted molar refractivity (Wildman–Crippen MR) is 73.8 cm³/mol. The molecule has 0 spiro atoms. The smallest absolute Gasteiger partial charge is 0.231 e. The number of ether oxygens (including phenoxy) is 2. The van der Waals surface area contributed by atoms with Crippen molar-refractivity contribution >= 4 is 15.9 Å². The first-order valence-corrected chi connectivity index (χ1v) is 7.39. The predicted octanol–water partition coefficient (Wildman–Crippen LogP) is 3.76. The third-order valence-electron chi connectivity index (χ3n) is 4.01. The first kappa shape index (κ1) is 12.3. The molecule has 3 nitrogen and oxygen atoms in total. The molecule has 1 heterocycles. The molecule has 3 rings (SSSR count). The molecule has 0 radical (unpaired) electrons. The average Bonchev–Trinajstić information content (AvgIpc) is 2.85. The summed E-state index contributed by atoms with van der Waals surface area (Å²) in [5.41, 5.74) is 7.58. The molecule has 4 heteroatoms. The largest absolute Gasteiger partial charge is 0.454 e. The highest BCUT2D eigenvalue weighted by atomic mass is 79.9. The van der Waals surface area contributed by atoms with Gasteiger partial charge in [0.15, 0.2) is 11.5 Å². The van der Waals surface area contributed by atoms with Crippen LogP contribution in [0.1, 0.15) is 43.7 Å². The van der Waals surface area contributed by atoms with Crippen LogP contribution in [0.2, 0.25) is 0 Å². The van der Waals surface area contributed by atoms with Crippen molar-refractivity contribution in [1.82, 2.24) is 0 Å². The van der Waals surface area contributed by atoms with Gasteiger partial charge < -0.3 is 15.2 Å². The summed E-state index contributed by atoms with van der Waals surface area (Å²) in [6.45, 7) is 0.309. The lowest BCUT2D eigenvalue weighted by Crippen LogP contribution is -2.23. The molecule has 0 amide bonds. The summed E-state index contributed by atoms with van der Waals surface area (Å²) >= 11 is 3.60. The van der Waals surface area contributed by atoms with Crippen LogP contribution in [0.25, 0.3) is 0 Å². The van der Waals surface area contributed by atoms with Gasteiger partial charge in [0, 0.05) is 10.5 Å². The number of fused-ring (bicyclic) bond motifs is 1. The lowest BCUT2D eigenvalue weighted by molar-refractivity contribution is 0.174. The first-order chi connectivity index (χ1) is 8.75. The zero-order valence-electron chi connectivity index (χ0n) is 10.3. The Bertz CT molecular complexity index is 444. The Morgan fingerprint density at radius 3 is 2.50 bits per heavy atom. The molecule has 18 heavy (non-hydrogen) atoms. The summed E-state index contributed by atoms with van der Waals surface area (Å²) in [6, 6.07) is 4.10. The van der Waals surface area contributed by atoms with Crippen LogP contribution in [0.3, 0.4) is 0 Å². The molecule has 2 aliphatic rings. The normalized spacial score (nSPS) is 21.0. The van der Waals surface area contributed by atoms with Gasteiger partial charge in [-0.2, -0.15) is 0 Å². The van der Waals surface area contributed by atoms with Gasteiger partial charge in [0.2, 0.25) is 6.79 Å². The van der Waals surface area contributed by atoms with Crippen molar-refractivity contribution in [1.29, 1.82) is 0 Å². The second-order valence-electron chi connectivity index (χ2n) is 5.15. The fourth-order valence-corrected chi connectivity index (χ4v) is 3.52. The van der Waals surface area contributed by atoms with Gasteiger partial charge in [0.05, 0.1) is 0 Å². The van der Waals surface area contributed by atoms with Gasteiger partial charge >= 0.3 is 0 Å². The van der Waals surface area contributed by atoms with Crippen molar-refractivity contribution in [3.63, 3.8) is 0 Å². The second kappa shape index (κ2) is 5.10. The van der Waals surface area contributed by atoms with Crippen LogP contribution < -0.4 is 15.2 Å². The van der Waals surface area contributed by atoms with Gasteiger partial charge in [-0.1, -0.05) is 35.2 Å². The number of rotatable bonds is 2. The number of hydrogen-bond donors (Lipinski definition) is 1. The van der Waals surface area contributed by atoms with Crippen LogP contribution in [0.5, 0.6) is 11.5 Å². The molecule has 98 valence electrons. The minimum atomic E-state index is 0.0918. The van der Waals surface area contributed by atoms with Crippen molar-refractivity contribution in [2.45, 2.75) is 38.1 Å². The maximum Gasteiger partial charge on any atom is 0.231 e. The number of hydrogen-bond acceptors (Lipinski definition) is 3. The van der Waals surface area contributed by atoms with Gasteiger partial charge in [-0.05, 0) is 36.5 Å². The molecule has 0 unspecified atom stereocenters. The topological polar surface area (TPSA) is 44.5 Å². The van der Waals surface area contributed by atoms with E-state index in [2.05, 4.69) is 15.9 Å². The van der Waals surface area contributed by atoms with Crippen molar-refractivity contribution in [3.8, 4) is 11.5 Å². The lowest BCUT2D eigenvalue weighted by Gasteiger charge is -2.28. The Morgan fingerprint density at radius 2 is 1.78 bits per heavy atom. The Labute approximate surface area is 116 Å². The van der Waals surface area contributed by atoms with E-state index in [1.807, 2.05) is 12.1 Å². The van der Waals surface area contributed by atoms with E-state index in [1.165, 1.54) is 32.1 Å². The molecular formula is C14H18BrNO2. The number of benzene rings is 1. The van der Waals surface area contributed by atoms with Crippen molar-refractivity contribution in [2.24, 2.45) is 11.7 Å². The highest BCUT2D eigenvalue weighted by molar-refractivity contribution is 9.10. The number of halogens is 1. The van der Waals surface area contributed by atoms with Crippen LogP contribution in [0.15, 0.2) is 16.6 Å². The van der Waals surface area contributed by atoms with E-state index in [0.717, 1.165) is 21.5 Å². The van der Waals surface area contributed by atoms with Crippen LogP contribution in [0, 0.1) is 5.92 Å². The van der Waals surface area contributed by atoms with E-state index < -0.39 is 0 Å². The molecule has 0 aromatic heterocycles. The van der Waals surface area contributed by atoms with E-state index in [0.29, 0.717) is 12.7 Å². The summed E-state index contributed by atoms with van der Waals surface area (Å²) in [5, 5.41) is 0. The van der Waals surface area contributed by atoms with E-state index >= 15 is 0 Å². The molecule has 1 saturated carbocycles. The van der Waals surface area contributed by atoms with Gasteiger partial charge in [-0.3, -0.25) is 0 Å². The standard InChI is InChI=1S/C14H18BrNO2/c15-11-7-13-12(17-8-18-13)6-10(11)14(16)9-4-2-1-3-5-9/h6-7,9,14H,1-5,8,16H2/t14-/m0/s1. The first-order valence-electron chi connectivity index (χ1n) is 6.60. The van der Waals surface area contributed by atoms with Crippen LogP contribution in [0.4, 0.5) is 0 Å². The van der Waals surface area contributed by atoms with Crippen molar-refractivity contribution in [3.05, 3.63) is 22.2 Å². The fraction of sp³-hybridized carbons (Fsp3) is 0.571. The SMILES string of the molecule is N[C@H](c1cc2c(cc1Br)OCO2)C1CCCCC1. The zero-order chi connectivity index (χ0) is 12.5. The lowest BCUT2D eigenvalue weighted by atomic mass is 9.81. The van der Waals surface area contributed by atoms with Gasteiger partial charge in [0.1, 0.15) is 0 Å². The third kappa shape index (κ3) is 2.24. The molecule has 1 fully saturated rings. The van der Waals surface area contributed by atoms with Crippen LogP contribution in [-0.4, -0.2) is 6.79 Å². The Morgan fingerprint density at radius 1 is 1.11 bits per heavy atom. The van der Waals surface area contributed by atoms with Crippen LogP contribution in [-0.2, 0) is 0 Å². The summed E-state index contributed by atoms with van der Waals surface area (Å²) < 4.78 is 11.8.